The Bertz CT molecular complexity index is 1450. The number of nitrogens with one attached hydrogen (secondary N) is 1. The van der Waals surface area contributed by atoms with Crippen molar-refractivity contribution in [1.82, 2.24) is 10.2 Å². The molecule has 13 heteroatoms. The van der Waals surface area contributed by atoms with Gasteiger partial charge in [0, 0.05) is 0 Å². The molecule has 0 aliphatic heterocycles. The van der Waals surface area contributed by atoms with Crippen LogP contribution >= 0.6 is 22.9 Å². The quantitative estimate of drug-likeness (QED) is 0.150. The number of amides is 1. The molecule has 10 nitrogen and oxygen atoms in total. The number of carbonyl (C=O) groups is 2. The van der Waals surface area contributed by atoms with Gasteiger partial charge < -0.3 is 9.47 Å². The molecule has 0 aliphatic carbocycles. The summed E-state index contributed by atoms with van der Waals surface area (Å²) in [7, 11) is -2.24. The third-order valence-electron chi connectivity index (χ3n) is 4.41. The van der Waals surface area contributed by atoms with Crippen molar-refractivity contribution < 1.29 is 27.5 Å². The second kappa shape index (κ2) is 11.1. The molecule has 0 radical (unpaired) electrons. The normalized spacial score (nSPS) is 11.4. The van der Waals surface area contributed by atoms with Crippen molar-refractivity contribution in [2.45, 2.75) is 11.3 Å². The highest BCUT2D eigenvalue weighted by atomic mass is 35.5. The average molecular weight is 533 g/mol. The summed E-state index contributed by atoms with van der Waals surface area (Å²) >= 11 is 6.97. The van der Waals surface area contributed by atoms with E-state index in [2.05, 4.69) is 15.5 Å². The van der Waals surface area contributed by atoms with E-state index in [1.54, 1.807) is 36.4 Å². The number of nitrogens with zero attached hydrogens (tertiary/aromatic N) is 3. The molecule has 0 saturated heterocycles. The van der Waals surface area contributed by atoms with Crippen molar-refractivity contribution in [3.63, 3.8) is 0 Å². The predicted octanol–water partition coefficient (Wildman–Crippen LogP) is 3.76. The van der Waals surface area contributed by atoms with Crippen LogP contribution in [0.4, 0.5) is 5.13 Å². The lowest BCUT2D eigenvalue weighted by molar-refractivity contribution is -0.112. The van der Waals surface area contributed by atoms with Gasteiger partial charge in [-0.2, -0.15) is 5.26 Å². The molecular formula is C22H17ClN4O6S2. The minimum atomic E-state index is -3.58. The maximum absolute atomic E-state index is 12.5. The minimum Gasteiger partial charge on any atom is -0.493 e. The maximum atomic E-state index is 12.5. The Kier molecular flexibility index (Phi) is 8.18. The topological polar surface area (TPSA) is 148 Å². The number of benzene rings is 2. The van der Waals surface area contributed by atoms with Gasteiger partial charge in [-0.3, -0.25) is 10.1 Å². The smallest absolute Gasteiger partial charge is 0.343 e. The van der Waals surface area contributed by atoms with E-state index in [0.717, 1.165) is 0 Å². The SMILES string of the molecule is CCS(=O)(=O)c1nnc(NC(=O)/C(C#N)=C\c2cc(Cl)c(OC(=O)c3ccccc3)c(OC)c2)s1. The maximum Gasteiger partial charge on any atom is 0.343 e. The molecular weight excluding hydrogens is 516 g/mol. The fourth-order valence-corrected chi connectivity index (χ4v) is 4.88. The van der Waals surface area contributed by atoms with Gasteiger partial charge in [-0.25, -0.2) is 13.2 Å². The summed E-state index contributed by atoms with van der Waals surface area (Å²) in [6.07, 6.45) is 1.23. The second-order valence-electron chi connectivity index (χ2n) is 6.69. The molecule has 0 atom stereocenters. The highest BCUT2D eigenvalue weighted by Gasteiger charge is 2.21. The van der Waals surface area contributed by atoms with Gasteiger partial charge in [-0.15, -0.1) is 10.2 Å². The molecule has 0 unspecified atom stereocenters. The standard InChI is InChI=1S/C22H17ClN4O6S2/c1-3-35(30,31)22-27-26-21(34-22)25-19(28)15(12-24)9-13-10-16(23)18(17(11-13)32-2)33-20(29)14-7-5-4-6-8-14/h4-11H,3H2,1-2H3,(H,25,26,28)/b15-9-. The Morgan fingerprint density at radius 3 is 2.57 bits per heavy atom. The Balaban J connectivity index is 1.84. The predicted molar refractivity (Wildman–Crippen MR) is 129 cm³/mol. The van der Waals surface area contributed by atoms with Gasteiger partial charge >= 0.3 is 5.97 Å². The van der Waals surface area contributed by atoms with Crippen LogP contribution in [0.2, 0.25) is 5.02 Å². The molecule has 1 aromatic heterocycles. The average Bonchev–Trinajstić information content (AvgIpc) is 3.33. The third kappa shape index (κ3) is 6.21. The summed E-state index contributed by atoms with van der Waals surface area (Å²) in [5, 5.41) is 18.9. The molecule has 0 aliphatic rings. The van der Waals surface area contributed by atoms with Crippen molar-refractivity contribution in [2.75, 3.05) is 18.2 Å². The Morgan fingerprint density at radius 1 is 1.23 bits per heavy atom. The Hall–Kier alpha value is -3.79. The minimum absolute atomic E-state index is 0.0103. The Labute approximate surface area is 209 Å². The summed E-state index contributed by atoms with van der Waals surface area (Å²) < 4.78 is 34.2. The van der Waals surface area contributed by atoms with E-state index in [-0.39, 0.29) is 37.3 Å². The molecule has 0 saturated carbocycles. The lowest BCUT2D eigenvalue weighted by Gasteiger charge is -2.12. The Morgan fingerprint density at radius 2 is 1.94 bits per heavy atom. The summed E-state index contributed by atoms with van der Waals surface area (Å²) in [6, 6.07) is 12.9. The highest BCUT2D eigenvalue weighted by molar-refractivity contribution is 7.93. The number of aromatic nitrogens is 2. The first-order chi connectivity index (χ1) is 16.7. The van der Waals surface area contributed by atoms with Crippen molar-refractivity contribution >= 4 is 55.9 Å². The number of anilines is 1. The van der Waals surface area contributed by atoms with Gasteiger partial charge in [0.25, 0.3) is 5.91 Å². The van der Waals surface area contributed by atoms with Crippen LogP contribution in [-0.4, -0.2) is 43.4 Å². The van der Waals surface area contributed by atoms with Gasteiger partial charge in [0.15, 0.2) is 11.5 Å². The summed E-state index contributed by atoms with van der Waals surface area (Å²) in [5.74, 6) is -1.57. The first kappa shape index (κ1) is 25.8. The zero-order valence-electron chi connectivity index (χ0n) is 18.3. The molecule has 1 heterocycles. The molecule has 35 heavy (non-hydrogen) atoms. The lowest BCUT2D eigenvalue weighted by Crippen LogP contribution is -2.13. The van der Waals surface area contributed by atoms with Crippen LogP contribution in [0.3, 0.4) is 0 Å². The molecule has 0 bridgehead atoms. The molecule has 3 rings (SSSR count). The van der Waals surface area contributed by atoms with Crippen molar-refractivity contribution in [1.29, 1.82) is 5.26 Å². The van der Waals surface area contributed by atoms with Crippen LogP contribution in [0.5, 0.6) is 11.5 Å². The van der Waals surface area contributed by atoms with Crippen molar-refractivity contribution in [3.8, 4) is 17.6 Å². The molecule has 3 aromatic rings. The van der Waals surface area contributed by atoms with Crippen molar-refractivity contribution in [2.24, 2.45) is 0 Å². The highest BCUT2D eigenvalue weighted by Crippen LogP contribution is 2.37. The first-order valence-corrected chi connectivity index (χ1v) is 12.7. The van der Waals surface area contributed by atoms with Crippen LogP contribution in [-0.2, 0) is 14.6 Å². The van der Waals surface area contributed by atoms with E-state index in [1.165, 1.54) is 32.2 Å². The number of carbonyl (C=O) groups excluding carboxylic acids is 2. The van der Waals surface area contributed by atoms with Gasteiger partial charge in [0.05, 0.1) is 23.4 Å². The number of esters is 1. The van der Waals surface area contributed by atoms with E-state index in [1.807, 2.05) is 0 Å². The molecule has 2 aromatic carbocycles. The number of rotatable bonds is 8. The summed E-state index contributed by atoms with van der Waals surface area (Å²) in [6.45, 7) is 1.46. The van der Waals surface area contributed by atoms with E-state index in [0.29, 0.717) is 22.5 Å². The van der Waals surface area contributed by atoms with Crippen LogP contribution in [0, 0.1) is 11.3 Å². The number of halogens is 1. The van der Waals surface area contributed by atoms with Gasteiger partial charge in [0.1, 0.15) is 11.6 Å². The molecule has 1 N–H and O–H groups in total. The number of ether oxygens (including phenoxy) is 2. The third-order valence-corrected chi connectivity index (χ3v) is 7.70. The van der Waals surface area contributed by atoms with E-state index < -0.39 is 21.7 Å². The molecule has 0 spiro atoms. The molecule has 1 amide bonds. The van der Waals surface area contributed by atoms with Gasteiger partial charge in [0.2, 0.25) is 19.3 Å². The first-order valence-electron chi connectivity index (χ1n) is 9.82. The number of hydrogen-bond acceptors (Lipinski definition) is 10. The molecule has 0 fully saturated rings. The number of hydrogen-bond donors (Lipinski definition) is 1. The fourth-order valence-electron chi connectivity index (χ4n) is 2.64. The van der Waals surface area contributed by atoms with Crippen LogP contribution < -0.4 is 14.8 Å². The number of sulfone groups is 1. The van der Waals surface area contributed by atoms with Crippen LogP contribution in [0.1, 0.15) is 22.8 Å². The van der Waals surface area contributed by atoms with E-state index in [9.17, 15) is 23.3 Å². The van der Waals surface area contributed by atoms with Crippen molar-refractivity contribution in [3.05, 3.63) is 64.2 Å². The zero-order valence-corrected chi connectivity index (χ0v) is 20.7. The van der Waals surface area contributed by atoms with Gasteiger partial charge in [-0.1, -0.05) is 48.1 Å². The summed E-state index contributed by atoms with van der Waals surface area (Å²) in [4.78, 5) is 24.9. The second-order valence-corrected chi connectivity index (χ2v) is 10.5. The van der Waals surface area contributed by atoms with Crippen LogP contribution in [0.15, 0.2) is 52.4 Å². The van der Waals surface area contributed by atoms with E-state index in [4.69, 9.17) is 21.1 Å². The monoisotopic (exact) mass is 532 g/mol. The van der Waals surface area contributed by atoms with Gasteiger partial charge in [-0.05, 0) is 35.9 Å². The lowest BCUT2D eigenvalue weighted by atomic mass is 10.1. The fraction of sp³-hybridized carbons (Fsp3) is 0.136. The molecule has 180 valence electrons. The number of nitriles is 1. The number of methoxy groups -OCH3 is 1. The van der Waals surface area contributed by atoms with Crippen LogP contribution in [0.25, 0.3) is 6.08 Å². The largest absolute Gasteiger partial charge is 0.493 e. The van der Waals surface area contributed by atoms with E-state index >= 15 is 0 Å². The summed E-state index contributed by atoms with van der Waals surface area (Å²) in [5.41, 5.74) is 0.293. The zero-order chi connectivity index (χ0) is 25.6.